The van der Waals surface area contributed by atoms with Crippen molar-refractivity contribution in [2.75, 3.05) is 0 Å². The third-order valence-corrected chi connectivity index (χ3v) is 3.33. The van der Waals surface area contributed by atoms with Crippen LogP contribution in [0.2, 0.25) is 0 Å². The Labute approximate surface area is 125 Å². The molecule has 0 saturated carbocycles. The molecular formula is C18H19NO2. The van der Waals surface area contributed by atoms with Crippen molar-refractivity contribution in [2.45, 2.75) is 26.2 Å². The molecule has 0 fully saturated rings. The van der Waals surface area contributed by atoms with Gasteiger partial charge in [-0.3, -0.25) is 10.1 Å². The number of hydrogen-bond acceptors (Lipinski definition) is 2. The monoisotopic (exact) mass is 281 g/mol. The minimum atomic E-state index is -0.379. The first-order valence-electron chi connectivity index (χ1n) is 6.89. The third-order valence-electron chi connectivity index (χ3n) is 3.33. The van der Waals surface area contributed by atoms with E-state index in [0.29, 0.717) is 0 Å². The van der Waals surface area contributed by atoms with E-state index < -0.39 is 0 Å². The van der Waals surface area contributed by atoms with Crippen LogP contribution < -0.4 is 0 Å². The molecule has 0 amide bonds. The predicted octanol–water partition coefficient (Wildman–Crippen LogP) is 5.06. The highest BCUT2D eigenvalue weighted by atomic mass is 16.6. The Bertz CT molecular complexity index is 664. The standard InChI is InChI=1S/C18H19NO2/c1-18(2,3)16-11-9-14(10-12-16)7-8-15-5-4-6-17(13-15)19(20)21/h4-13H,1-3H3/b8-7+. The number of non-ortho nitro benzene ring substituents is 1. The Morgan fingerprint density at radius 1 is 0.952 bits per heavy atom. The second kappa shape index (κ2) is 5.92. The first kappa shape index (κ1) is 15.0. The fourth-order valence-electron chi connectivity index (χ4n) is 2.03. The van der Waals surface area contributed by atoms with Crippen LogP contribution in [0.15, 0.2) is 48.5 Å². The summed E-state index contributed by atoms with van der Waals surface area (Å²) < 4.78 is 0. The van der Waals surface area contributed by atoms with Gasteiger partial charge >= 0.3 is 0 Å². The van der Waals surface area contributed by atoms with E-state index in [-0.39, 0.29) is 16.0 Å². The Morgan fingerprint density at radius 3 is 2.14 bits per heavy atom. The van der Waals surface area contributed by atoms with Gasteiger partial charge in [0.1, 0.15) is 0 Å². The molecule has 0 aliphatic heterocycles. The second-order valence-corrected chi connectivity index (χ2v) is 6.06. The lowest BCUT2D eigenvalue weighted by Gasteiger charge is -2.18. The molecule has 0 heterocycles. The van der Waals surface area contributed by atoms with Gasteiger partial charge in [-0.25, -0.2) is 0 Å². The average Bonchev–Trinajstić information content (AvgIpc) is 2.45. The lowest BCUT2D eigenvalue weighted by atomic mass is 9.87. The molecule has 0 aliphatic carbocycles. The minimum absolute atomic E-state index is 0.111. The van der Waals surface area contributed by atoms with Gasteiger partial charge in [-0.05, 0) is 22.1 Å². The summed E-state index contributed by atoms with van der Waals surface area (Å²) >= 11 is 0. The molecule has 0 atom stereocenters. The van der Waals surface area contributed by atoms with E-state index >= 15 is 0 Å². The van der Waals surface area contributed by atoms with Gasteiger partial charge in [-0.2, -0.15) is 0 Å². The number of rotatable bonds is 3. The average molecular weight is 281 g/mol. The van der Waals surface area contributed by atoms with Crippen LogP contribution in [0.5, 0.6) is 0 Å². The zero-order valence-electron chi connectivity index (χ0n) is 12.5. The van der Waals surface area contributed by atoms with Crippen molar-refractivity contribution in [3.05, 3.63) is 75.3 Å². The molecule has 0 spiro atoms. The summed E-state index contributed by atoms with van der Waals surface area (Å²) in [6.45, 7) is 6.54. The van der Waals surface area contributed by atoms with E-state index in [0.717, 1.165) is 11.1 Å². The van der Waals surface area contributed by atoms with Crippen LogP contribution >= 0.6 is 0 Å². The van der Waals surface area contributed by atoms with E-state index in [1.54, 1.807) is 12.1 Å². The number of nitrogens with zero attached hydrogens (tertiary/aromatic N) is 1. The zero-order valence-corrected chi connectivity index (χ0v) is 12.5. The van der Waals surface area contributed by atoms with Crippen LogP contribution in [0.25, 0.3) is 12.2 Å². The zero-order chi connectivity index (χ0) is 15.5. The van der Waals surface area contributed by atoms with Crippen LogP contribution in [0.1, 0.15) is 37.5 Å². The molecule has 108 valence electrons. The molecule has 2 rings (SSSR count). The summed E-state index contributed by atoms with van der Waals surface area (Å²) in [5.74, 6) is 0. The summed E-state index contributed by atoms with van der Waals surface area (Å²) in [7, 11) is 0. The molecule has 2 aromatic carbocycles. The van der Waals surface area contributed by atoms with Crippen molar-refractivity contribution < 1.29 is 4.92 Å². The number of benzene rings is 2. The Balaban J connectivity index is 2.18. The van der Waals surface area contributed by atoms with E-state index in [2.05, 4.69) is 45.0 Å². The SMILES string of the molecule is CC(C)(C)c1ccc(/C=C/c2cccc([N+](=O)[O-])c2)cc1. The number of nitro groups is 1. The summed E-state index contributed by atoms with van der Waals surface area (Å²) in [5, 5.41) is 10.7. The quantitative estimate of drug-likeness (QED) is 0.448. The van der Waals surface area contributed by atoms with Crippen molar-refractivity contribution >= 4 is 17.8 Å². The van der Waals surface area contributed by atoms with Gasteiger partial charge in [0.05, 0.1) is 4.92 Å². The van der Waals surface area contributed by atoms with Crippen LogP contribution in [-0.2, 0) is 5.41 Å². The van der Waals surface area contributed by atoms with Gasteiger partial charge in [0.15, 0.2) is 0 Å². The molecule has 3 nitrogen and oxygen atoms in total. The fraction of sp³-hybridized carbons (Fsp3) is 0.222. The Morgan fingerprint density at radius 2 is 1.57 bits per heavy atom. The van der Waals surface area contributed by atoms with Crippen molar-refractivity contribution in [1.29, 1.82) is 0 Å². The Kier molecular flexibility index (Phi) is 4.22. The van der Waals surface area contributed by atoms with Crippen LogP contribution in [0.3, 0.4) is 0 Å². The Hall–Kier alpha value is -2.42. The highest BCUT2D eigenvalue weighted by molar-refractivity contribution is 5.70. The summed E-state index contributed by atoms with van der Waals surface area (Å²) in [6.07, 6.45) is 3.85. The molecule has 0 aliphatic rings. The normalized spacial score (nSPS) is 11.8. The van der Waals surface area contributed by atoms with Gasteiger partial charge in [0.2, 0.25) is 0 Å². The van der Waals surface area contributed by atoms with Crippen molar-refractivity contribution in [2.24, 2.45) is 0 Å². The molecule has 0 aromatic heterocycles. The van der Waals surface area contributed by atoms with Gasteiger partial charge < -0.3 is 0 Å². The molecule has 0 N–H and O–H groups in total. The maximum Gasteiger partial charge on any atom is 0.270 e. The van der Waals surface area contributed by atoms with Gasteiger partial charge in [-0.15, -0.1) is 0 Å². The molecule has 2 aromatic rings. The minimum Gasteiger partial charge on any atom is -0.258 e. The number of hydrogen-bond donors (Lipinski definition) is 0. The van der Waals surface area contributed by atoms with E-state index in [1.165, 1.54) is 11.6 Å². The first-order chi connectivity index (χ1) is 9.86. The molecular weight excluding hydrogens is 262 g/mol. The van der Waals surface area contributed by atoms with Crippen LogP contribution in [-0.4, -0.2) is 4.92 Å². The highest BCUT2D eigenvalue weighted by Gasteiger charge is 2.12. The lowest BCUT2D eigenvalue weighted by Crippen LogP contribution is -2.10. The highest BCUT2D eigenvalue weighted by Crippen LogP contribution is 2.23. The molecule has 21 heavy (non-hydrogen) atoms. The predicted molar refractivity (Wildman–Crippen MR) is 87.2 cm³/mol. The van der Waals surface area contributed by atoms with E-state index in [4.69, 9.17) is 0 Å². The molecule has 0 saturated heterocycles. The van der Waals surface area contributed by atoms with Gasteiger partial charge in [0, 0.05) is 12.1 Å². The van der Waals surface area contributed by atoms with Gasteiger partial charge in [-0.1, -0.05) is 69.3 Å². The molecule has 0 radical (unpaired) electrons. The van der Waals surface area contributed by atoms with Crippen molar-refractivity contribution in [3.63, 3.8) is 0 Å². The third kappa shape index (κ3) is 4.02. The first-order valence-corrected chi connectivity index (χ1v) is 6.89. The lowest BCUT2D eigenvalue weighted by molar-refractivity contribution is -0.384. The summed E-state index contributed by atoms with van der Waals surface area (Å²) in [6, 6.07) is 15.0. The van der Waals surface area contributed by atoms with Gasteiger partial charge in [0.25, 0.3) is 5.69 Å². The van der Waals surface area contributed by atoms with Crippen molar-refractivity contribution in [1.82, 2.24) is 0 Å². The largest absolute Gasteiger partial charge is 0.270 e. The summed E-state index contributed by atoms with van der Waals surface area (Å²) in [5.41, 5.74) is 3.44. The van der Waals surface area contributed by atoms with E-state index in [9.17, 15) is 10.1 Å². The smallest absolute Gasteiger partial charge is 0.258 e. The molecule has 3 heteroatoms. The van der Waals surface area contributed by atoms with Crippen LogP contribution in [0.4, 0.5) is 5.69 Å². The van der Waals surface area contributed by atoms with Crippen LogP contribution in [0, 0.1) is 10.1 Å². The molecule has 0 bridgehead atoms. The molecule has 0 unspecified atom stereocenters. The van der Waals surface area contributed by atoms with Crippen molar-refractivity contribution in [3.8, 4) is 0 Å². The summed E-state index contributed by atoms with van der Waals surface area (Å²) in [4.78, 5) is 10.4. The topological polar surface area (TPSA) is 43.1 Å². The maximum absolute atomic E-state index is 10.7. The maximum atomic E-state index is 10.7. The second-order valence-electron chi connectivity index (χ2n) is 6.06. The fourth-order valence-corrected chi connectivity index (χ4v) is 2.03. The van der Waals surface area contributed by atoms with E-state index in [1.807, 2.05) is 18.2 Å². The number of nitro benzene ring substituents is 1.